The highest BCUT2D eigenvalue weighted by Crippen LogP contribution is 2.30. The van der Waals surface area contributed by atoms with Gasteiger partial charge in [0.1, 0.15) is 6.17 Å². The molecule has 1 amide bonds. The number of rotatable bonds is 5. The van der Waals surface area contributed by atoms with E-state index in [0.717, 1.165) is 6.42 Å². The zero-order valence-electron chi connectivity index (χ0n) is 11.5. The quantitative estimate of drug-likeness (QED) is 0.899. The maximum atomic E-state index is 12.2. The first-order valence-corrected chi connectivity index (χ1v) is 8.96. The molecule has 2 heterocycles. The summed E-state index contributed by atoms with van der Waals surface area (Å²) in [5.74, 6) is 0.784. The lowest BCUT2D eigenvalue weighted by molar-refractivity contribution is -0.129. The van der Waals surface area contributed by atoms with Crippen LogP contribution >= 0.6 is 11.3 Å². The van der Waals surface area contributed by atoms with Crippen LogP contribution in [0, 0.1) is 6.92 Å². The lowest BCUT2D eigenvalue weighted by atomic mass is 10.3. The molecule has 0 aromatic carbocycles. The van der Waals surface area contributed by atoms with Crippen molar-refractivity contribution >= 4 is 28.0 Å². The highest BCUT2D eigenvalue weighted by molar-refractivity contribution is 7.84. The van der Waals surface area contributed by atoms with Gasteiger partial charge in [-0.15, -0.1) is 11.3 Å². The van der Waals surface area contributed by atoms with Crippen LogP contribution in [-0.2, 0) is 15.6 Å². The first kappa shape index (κ1) is 14.7. The largest absolute Gasteiger partial charge is 0.321 e. The standard InChI is InChI=1S/C13H20N2O2S2/c1-9-5-6-11(18-9)12-14-10(2)13(16)15(12)7-4-8-19(3)17/h5-6,10,12,14H,4,7-8H2,1-3H3. The van der Waals surface area contributed by atoms with Crippen molar-refractivity contribution in [2.24, 2.45) is 0 Å². The Kier molecular flexibility index (Phi) is 4.76. The van der Waals surface area contributed by atoms with Crippen molar-refractivity contribution in [1.82, 2.24) is 10.2 Å². The zero-order chi connectivity index (χ0) is 14.0. The number of carbonyl (C=O) groups excluding carboxylic acids is 1. The molecule has 1 N–H and O–H groups in total. The molecule has 1 aliphatic heterocycles. The third-order valence-electron chi connectivity index (χ3n) is 3.23. The average molecular weight is 300 g/mol. The number of carbonyl (C=O) groups is 1. The summed E-state index contributed by atoms with van der Waals surface area (Å²) in [5.41, 5.74) is 0. The molecule has 6 heteroatoms. The van der Waals surface area contributed by atoms with Gasteiger partial charge in [-0.2, -0.15) is 0 Å². The van der Waals surface area contributed by atoms with Crippen LogP contribution in [0.15, 0.2) is 12.1 Å². The molecule has 1 aromatic rings. The fraction of sp³-hybridized carbons (Fsp3) is 0.615. The fourth-order valence-electron chi connectivity index (χ4n) is 2.29. The van der Waals surface area contributed by atoms with E-state index >= 15 is 0 Å². The number of nitrogens with one attached hydrogen (secondary N) is 1. The molecular formula is C13H20N2O2S2. The van der Waals surface area contributed by atoms with Gasteiger partial charge in [0, 0.05) is 39.1 Å². The Labute approximate surface area is 120 Å². The third-order valence-corrected chi connectivity index (χ3v) is 5.15. The topological polar surface area (TPSA) is 49.4 Å². The summed E-state index contributed by atoms with van der Waals surface area (Å²) in [6.45, 7) is 4.63. The molecule has 19 heavy (non-hydrogen) atoms. The van der Waals surface area contributed by atoms with Crippen LogP contribution in [0.3, 0.4) is 0 Å². The summed E-state index contributed by atoms with van der Waals surface area (Å²) in [6, 6.07) is 4.02. The lowest BCUT2D eigenvalue weighted by Crippen LogP contribution is -2.31. The Bertz CT molecular complexity index is 487. The lowest BCUT2D eigenvalue weighted by Gasteiger charge is -2.23. The van der Waals surface area contributed by atoms with Crippen molar-refractivity contribution in [1.29, 1.82) is 0 Å². The maximum absolute atomic E-state index is 12.2. The van der Waals surface area contributed by atoms with E-state index in [0.29, 0.717) is 12.3 Å². The van der Waals surface area contributed by atoms with Crippen LogP contribution in [0.4, 0.5) is 0 Å². The molecule has 0 spiro atoms. The van der Waals surface area contributed by atoms with E-state index in [1.54, 1.807) is 17.6 Å². The van der Waals surface area contributed by atoms with Crippen LogP contribution in [0.5, 0.6) is 0 Å². The summed E-state index contributed by atoms with van der Waals surface area (Å²) in [6.07, 6.45) is 2.46. The molecule has 0 bridgehead atoms. The number of aryl methyl sites for hydroxylation is 1. The second kappa shape index (κ2) is 6.15. The van der Waals surface area contributed by atoms with Crippen LogP contribution < -0.4 is 5.32 Å². The second-order valence-electron chi connectivity index (χ2n) is 4.90. The predicted octanol–water partition coefficient (Wildman–Crippen LogP) is 1.64. The van der Waals surface area contributed by atoms with Gasteiger partial charge >= 0.3 is 0 Å². The van der Waals surface area contributed by atoms with Gasteiger partial charge < -0.3 is 4.90 Å². The fourth-order valence-corrected chi connectivity index (χ4v) is 3.77. The van der Waals surface area contributed by atoms with Gasteiger partial charge in [-0.3, -0.25) is 14.3 Å². The van der Waals surface area contributed by atoms with Crippen molar-refractivity contribution < 1.29 is 9.00 Å². The first-order chi connectivity index (χ1) is 8.99. The van der Waals surface area contributed by atoms with Gasteiger partial charge in [-0.05, 0) is 32.4 Å². The molecule has 3 atom stereocenters. The number of amides is 1. The number of hydrogen-bond donors (Lipinski definition) is 1. The van der Waals surface area contributed by atoms with Crippen LogP contribution in [0.2, 0.25) is 0 Å². The molecule has 3 unspecified atom stereocenters. The SMILES string of the molecule is Cc1ccc(C2NC(C)C(=O)N2CCCS(C)=O)s1. The highest BCUT2D eigenvalue weighted by Gasteiger charge is 2.37. The van der Waals surface area contributed by atoms with Crippen LogP contribution in [-0.4, -0.2) is 39.6 Å². The summed E-state index contributed by atoms with van der Waals surface area (Å²) >= 11 is 1.72. The third kappa shape index (κ3) is 3.43. The molecule has 0 radical (unpaired) electrons. The van der Waals surface area contributed by atoms with Gasteiger partial charge in [0.15, 0.2) is 0 Å². The Balaban J connectivity index is 2.07. The van der Waals surface area contributed by atoms with Gasteiger partial charge in [0.2, 0.25) is 5.91 Å². The molecule has 1 aromatic heterocycles. The van der Waals surface area contributed by atoms with Crippen LogP contribution in [0.25, 0.3) is 0 Å². The van der Waals surface area contributed by atoms with Crippen LogP contribution in [0.1, 0.15) is 29.3 Å². The van der Waals surface area contributed by atoms with Crippen molar-refractivity contribution in [2.75, 3.05) is 18.6 Å². The average Bonchev–Trinajstić information content (AvgIpc) is 2.87. The number of thiophene rings is 1. The van der Waals surface area contributed by atoms with Crippen molar-refractivity contribution in [3.8, 4) is 0 Å². The van der Waals surface area contributed by atoms with E-state index in [2.05, 4.69) is 24.4 Å². The molecule has 1 saturated heterocycles. The summed E-state index contributed by atoms with van der Waals surface area (Å²) in [4.78, 5) is 16.5. The van der Waals surface area contributed by atoms with E-state index < -0.39 is 10.8 Å². The monoisotopic (exact) mass is 300 g/mol. The van der Waals surface area contributed by atoms with E-state index in [9.17, 15) is 9.00 Å². The summed E-state index contributed by atoms with van der Waals surface area (Å²) in [7, 11) is -0.793. The molecule has 4 nitrogen and oxygen atoms in total. The van der Waals surface area contributed by atoms with Gasteiger partial charge in [-0.25, -0.2) is 0 Å². The zero-order valence-corrected chi connectivity index (χ0v) is 13.1. The Morgan fingerprint density at radius 3 is 2.79 bits per heavy atom. The minimum Gasteiger partial charge on any atom is -0.321 e. The molecule has 1 aliphatic rings. The molecular weight excluding hydrogens is 280 g/mol. The van der Waals surface area contributed by atoms with E-state index in [-0.39, 0.29) is 18.1 Å². The maximum Gasteiger partial charge on any atom is 0.241 e. The van der Waals surface area contributed by atoms with E-state index in [4.69, 9.17) is 0 Å². The Hall–Kier alpha value is -0.720. The van der Waals surface area contributed by atoms with Gasteiger partial charge in [-0.1, -0.05) is 0 Å². The molecule has 2 rings (SSSR count). The summed E-state index contributed by atoms with van der Waals surface area (Å²) < 4.78 is 11.1. The Morgan fingerprint density at radius 1 is 1.47 bits per heavy atom. The minimum atomic E-state index is -0.793. The summed E-state index contributed by atoms with van der Waals surface area (Å²) in [5, 5.41) is 3.33. The highest BCUT2D eigenvalue weighted by atomic mass is 32.2. The number of nitrogens with zero attached hydrogens (tertiary/aromatic N) is 1. The number of hydrogen-bond acceptors (Lipinski definition) is 4. The van der Waals surface area contributed by atoms with Crippen molar-refractivity contribution in [3.05, 3.63) is 21.9 Å². The molecule has 0 saturated carbocycles. The smallest absolute Gasteiger partial charge is 0.241 e. The van der Waals surface area contributed by atoms with E-state index in [1.807, 2.05) is 11.8 Å². The second-order valence-corrected chi connectivity index (χ2v) is 7.78. The molecule has 1 fully saturated rings. The van der Waals surface area contributed by atoms with Crippen molar-refractivity contribution in [2.45, 2.75) is 32.5 Å². The first-order valence-electron chi connectivity index (χ1n) is 6.42. The van der Waals surface area contributed by atoms with Gasteiger partial charge in [0.25, 0.3) is 0 Å². The molecule has 0 aliphatic carbocycles. The predicted molar refractivity (Wildman–Crippen MR) is 79.7 cm³/mol. The normalized spacial score (nSPS) is 25.0. The van der Waals surface area contributed by atoms with Gasteiger partial charge in [0.05, 0.1) is 6.04 Å². The van der Waals surface area contributed by atoms with E-state index in [1.165, 1.54) is 9.75 Å². The Morgan fingerprint density at radius 2 is 2.21 bits per heavy atom. The minimum absolute atomic E-state index is 0.0218. The van der Waals surface area contributed by atoms with Crippen molar-refractivity contribution in [3.63, 3.8) is 0 Å². The molecule has 106 valence electrons.